The van der Waals surface area contributed by atoms with E-state index < -0.39 is 0 Å². The molecule has 1 aliphatic rings. The van der Waals surface area contributed by atoms with Crippen LogP contribution < -0.4 is 10.6 Å². The molecule has 0 fully saturated rings. The summed E-state index contributed by atoms with van der Waals surface area (Å²) in [5.74, 6) is -1.15. The second-order valence-corrected chi connectivity index (χ2v) is 7.54. The molecular weight excluding hydrogens is 420 g/mol. The first-order valence-electron chi connectivity index (χ1n) is 10.6. The Balaban J connectivity index is 1.27. The third kappa shape index (κ3) is 4.95. The van der Waals surface area contributed by atoms with Crippen molar-refractivity contribution in [2.45, 2.75) is 19.4 Å². The molecule has 0 saturated carbocycles. The van der Waals surface area contributed by atoms with Crippen LogP contribution in [0.5, 0.6) is 0 Å². The summed E-state index contributed by atoms with van der Waals surface area (Å²) in [6.07, 6.45) is 3.59. The van der Waals surface area contributed by atoms with Gasteiger partial charge in [-0.2, -0.15) is 0 Å². The molecule has 0 aliphatic carbocycles. The van der Waals surface area contributed by atoms with Gasteiger partial charge in [-0.1, -0.05) is 30.3 Å². The van der Waals surface area contributed by atoms with Gasteiger partial charge >= 0.3 is 0 Å². The van der Waals surface area contributed by atoms with Gasteiger partial charge in [0.05, 0.1) is 16.7 Å². The molecule has 33 heavy (non-hydrogen) atoms. The van der Waals surface area contributed by atoms with Crippen molar-refractivity contribution in [3.63, 3.8) is 0 Å². The number of amides is 4. The number of nitrogens with one attached hydrogen (secondary N) is 2. The van der Waals surface area contributed by atoms with E-state index in [4.69, 9.17) is 0 Å². The fourth-order valence-corrected chi connectivity index (χ4v) is 3.61. The number of imide groups is 1. The number of carbonyl (C=O) groups is 4. The van der Waals surface area contributed by atoms with E-state index in [0.717, 1.165) is 5.56 Å². The lowest BCUT2D eigenvalue weighted by Gasteiger charge is -2.14. The molecule has 4 amide bonds. The second kappa shape index (κ2) is 9.86. The molecule has 1 aromatic heterocycles. The Kier molecular flexibility index (Phi) is 6.54. The maximum absolute atomic E-state index is 12.4. The van der Waals surface area contributed by atoms with E-state index in [0.29, 0.717) is 28.8 Å². The third-order valence-corrected chi connectivity index (χ3v) is 5.33. The summed E-state index contributed by atoms with van der Waals surface area (Å²) in [6, 6.07) is 17.3. The van der Waals surface area contributed by atoms with Crippen LogP contribution in [-0.2, 0) is 11.3 Å². The lowest BCUT2D eigenvalue weighted by Crippen LogP contribution is -2.32. The zero-order chi connectivity index (χ0) is 23.2. The molecule has 166 valence electrons. The zero-order valence-corrected chi connectivity index (χ0v) is 17.8. The van der Waals surface area contributed by atoms with Gasteiger partial charge in [0.2, 0.25) is 5.91 Å². The number of carbonyl (C=O) groups excluding carboxylic acids is 4. The molecule has 0 saturated heterocycles. The summed E-state index contributed by atoms with van der Waals surface area (Å²) in [5, 5.41) is 5.66. The number of hydrogen-bond acceptors (Lipinski definition) is 5. The lowest BCUT2D eigenvalue weighted by molar-refractivity contribution is -0.121. The molecule has 1 aliphatic heterocycles. The summed E-state index contributed by atoms with van der Waals surface area (Å²) in [7, 11) is 0. The number of para-hydroxylation sites is 1. The Morgan fingerprint density at radius 2 is 1.58 bits per heavy atom. The molecule has 8 nitrogen and oxygen atoms in total. The molecule has 0 bridgehead atoms. The summed E-state index contributed by atoms with van der Waals surface area (Å²) >= 11 is 0. The molecule has 0 unspecified atom stereocenters. The maximum Gasteiger partial charge on any atom is 0.261 e. The van der Waals surface area contributed by atoms with Gasteiger partial charge in [0, 0.05) is 37.6 Å². The first-order chi connectivity index (χ1) is 16.0. The zero-order valence-electron chi connectivity index (χ0n) is 17.8. The number of pyridine rings is 1. The SMILES string of the molecule is O=C(CCCN1C(=O)c2ccccc2C1=O)NCc1ccccc1NC(=O)c1cccnc1. The van der Waals surface area contributed by atoms with Crippen LogP contribution in [0.3, 0.4) is 0 Å². The normalized spacial score (nSPS) is 12.4. The molecule has 3 aromatic rings. The van der Waals surface area contributed by atoms with Crippen LogP contribution >= 0.6 is 0 Å². The molecule has 0 spiro atoms. The topological polar surface area (TPSA) is 108 Å². The average molecular weight is 442 g/mol. The van der Waals surface area contributed by atoms with Crippen molar-refractivity contribution in [1.82, 2.24) is 15.2 Å². The summed E-state index contributed by atoms with van der Waals surface area (Å²) in [4.78, 5) is 54.6. The van der Waals surface area contributed by atoms with Crippen LogP contribution in [0.2, 0.25) is 0 Å². The Labute approximate surface area is 190 Å². The van der Waals surface area contributed by atoms with Gasteiger partial charge in [-0.05, 0) is 42.3 Å². The largest absolute Gasteiger partial charge is 0.352 e. The Morgan fingerprint density at radius 1 is 0.879 bits per heavy atom. The second-order valence-electron chi connectivity index (χ2n) is 7.54. The number of nitrogens with zero attached hydrogens (tertiary/aromatic N) is 2. The van der Waals surface area contributed by atoms with Gasteiger partial charge in [-0.25, -0.2) is 0 Å². The van der Waals surface area contributed by atoms with Crippen LogP contribution in [0.25, 0.3) is 0 Å². The van der Waals surface area contributed by atoms with E-state index in [2.05, 4.69) is 15.6 Å². The number of rotatable bonds is 8. The fraction of sp³-hybridized carbons (Fsp3) is 0.160. The molecule has 0 radical (unpaired) electrons. The van der Waals surface area contributed by atoms with E-state index in [1.807, 2.05) is 12.1 Å². The van der Waals surface area contributed by atoms with E-state index in [9.17, 15) is 19.2 Å². The Morgan fingerprint density at radius 3 is 2.27 bits per heavy atom. The van der Waals surface area contributed by atoms with E-state index in [1.165, 1.54) is 11.1 Å². The summed E-state index contributed by atoms with van der Waals surface area (Å²) in [5.41, 5.74) is 2.58. The van der Waals surface area contributed by atoms with Crippen molar-refractivity contribution in [2.24, 2.45) is 0 Å². The van der Waals surface area contributed by atoms with Crippen molar-refractivity contribution >= 4 is 29.3 Å². The Bertz CT molecular complexity index is 1170. The molecule has 4 rings (SSSR count). The van der Waals surface area contributed by atoms with Crippen LogP contribution in [0, 0.1) is 0 Å². The third-order valence-electron chi connectivity index (χ3n) is 5.33. The average Bonchev–Trinajstić information content (AvgIpc) is 3.09. The molecular formula is C25H22N4O4. The fourth-order valence-electron chi connectivity index (χ4n) is 3.61. The van der Waals surface area contributed by atoms with Crippen LogP contribution in [0.15, 0.2) is 73.1 Å². The minimum Gasteiger partial charge on any atom is -0.352 e. The minimum atomic E-state index is -0.325. The number of anilines is 1. The molecule has 2 N–H and O–H groups in total. The lowest BCUT2D eigenvalue weighted by atomic mass is 10.1. The standard InChI is InChI=1S/C25H22N4O4/c30-22(12-6-14-29-24(32)19-9-2-3-10-20(19)25(29)33)27-16-17-7-1-4-11-21(17)28-23(31)18-8-5-13-26-15-18/h1-5,7-11,13,15H,6,12,14,16H2,(H,27,30)(H,28,31). The van der Waals surface area contributed by atoms with Crippen molar-refractivity contribution < 1.29 is 19.2 Å². The highest BCUT2D eigenvalue weighted by atomic mass is 16.2. The minimum absolute atomic E-state index is 0.164. The Hall–Kier alpha value is -4.33. The summed E-state index contributed by atoms with van der Waals surface area (Å²) < 4.78 is 0. The first kappa shape index (κ1) is 21.9. The first-order valence-corrected chi connectivity index (χ1v) is 10.6. The van der Waals surface area contributed by atoms with Gasteiger partial charge in [-0.15, -0.1) is 0 Å². The van der Waals surface area contributed by atoms with Gasteiger partial charge in [0.25, 0.3) is 17.7 Å². The van der Waals surface area contributed by atoms with E-state index in [-0.39, 0.29) is 43.1 Å². The van der Waals surface area contributed by atoms with Gasteiger partial charge in [0.15, 0.2) is 0 Å². The van der Waals surface area contributed by atoms with Crippen molar-refractivity contribution in [3.05, 3.63) is 95.3 Å². The van der Waals surface area contributed by atoms with E-state index >= 15 is 0 Å². The number of aromatic nitrogens is 1. The molecule has 2 heterocycles. The van der Waals surface area contributed by atoms with Crippen LogP contribution in [0.1, 0.15) is 49.5 Å². The summed E-state index contributed by atoms with van der Waals surface area (Å²) in [6.45, 7) is 0.410. The monoisotopic (exact) mass is 442 g/mol. The maximum atomic E-state index is 12.4. The highest BCUT2D eigenvalue weighted by Crippen LogP contribution is 2.22. The highest BCUT2D eigenvalue weighted by Gasteiger charge is 2.34. The van der Waals surface area contributed by atoms with Crippen molar-refractivity contribution in [1.29, 1.82) is 0 Å². The van der Waals surface area contributed by atoms with Crippen molar-refractivity contribution in [3.8, 4) is 0 Å². The number of hydrogen-bond donors (Lipinski definition) is 2. The van der Waals surface area contributed by atoms with E-state index in [1.54, 1.807) is 54.7 Å². The quantitative estimate of drug-likeness (QED) is 0.522. The molecule has 2 aromatic carbocycles. The van der Waals surface area contributed by atoms with Gasteiger partial charge in [0.1, 0.15) is 0 Å². The molecule has 0 atom stereocenters. The smallest absolute Gasteiger partial charge is 0.261 e. The predicted molar refractivity (Wildman–Crippen MR) is 122 cm³/mol. The number of benzene rings is 2. The number of fused-ring (bicyclic) bond motifs is 1. The molecule has 8 heteroatoms. The van der Waals surface area contributed by atoms with Crippen molar-refractivity contribution in [2.75, 3.05) is 11.9 Å². The van der Waals surface area contributed by atoms with Gasteiger partial charge in [-0.3, -0.25) is 29.1 Å². The predicted octanol–water partition coefficient (Wildman–Crippen LogP) is 3.03. The van der Waals surface area contributed by atoms with Crippen LogP contribution in [0.4, 0.5) is 5.69 Å². The van der Waals surface area contributed by atoms with Crippen LogP contribution in [-0.4, -0.2) is 40.1 Å². The highest BCUT2D eigenvalue weighted by molar-refractivity contribution is 6.21. The van der Waals surface area contributed by atoms with Gasteiger partial charge < -0.3 is 10.6 Å².